The smallest absolute Gasteiger partial charge is 0.410 e. The second-order valence-electron chi connectivity index (χ2n) is 18.5. The molecule has 4 amide bonds. The highest BCUT2D eigenvalue weighted by Gasteiger charge is 2.45. The average molecular weight is 957 g/mol. The van der Waals surface area contributed by atoms with Crippen LogP contribution in [-0.2, 0) is 52.9 Å². The Balaban J connectivity index is 1.44. The highest BCUT2D eigenvalue weighted by atomic mass is 32.2. The maximum absolute atomic E-state index is 15.6. The molecule has 6 rings (SSSR count). The Kier molecular flexibility index (Phi) is 18.1. The van der Waals surface area contributed by atoms with E-state index in [0.717, 1.165) is 33.4 Å². The van der Waals surface area contributed by atoms with Crippen molar-refractivity contribution in [3.63, 3.8) is 0 Å². The van der Waals surface area contributed by atoms with Crippen LogP contribution in [0.2, 0.25) is 0 Å². The van der Waals surface area contributed by atoms with E-state index in [1.807, 2.05) is 123 Å². The Morgan fingerprint density at radius 2 is 1.28 bits per heavy atom. The average Bonchev–Trinajstić information content (AvgIpc) is 3.34. The lowest BCUT2D eigenvalue weighted by Crippen LogP contribution is -2.62. The van der Waals surface area contributed by atoms with Crippen molar-refractivity contribution in [3.05, 3.63) is 179 Å². The minimum absolute atomic E-state index is 0.00856. The number of carbonyl (C=O) groups excluding carboxylic acids is 4. The molecule has 4 atom stereocenters. The zero-order valence-corrected chi connectivity index (χ0v) is 41.0. The molecule has 364 valence electrons. The number of ether oxygens (including phenoxy) is 3. The molecule has 3 N–H and O–H groups in total. The molecule has 69 heavy (non-hydrogen) atoms. The molecular formula is C55H64N4O9S. The van der Waals surface area contributed by atoms with Crippen LogP contribution in [0.1, 0.15) is 74.4 Å². The van der Waals surface area contributed by atoms with Gasteiger partial charge >= 0.3 is 18.2 Å². The third-order valence-electron chi connectivity index (χ3n) is 11.9. The molecule has 0 radical (unpaired) electrons. The van der Waals surface area contributed by atoms with Crippen molar-refractivity contribution in [1.29, 1.82) is 0 Å². The molecule has 0 saturated carbocycles. The number of carboxylic acid groups (broad SMARTS) is 1. The largest absolute Gasteiger partial charge is 0.480 e. The Bertz CT molecular complexity index is 2370. The van der Waals surface area contributed by atoms with Gasteiger partial charge in [-0.25, -0.2) is 14.4 Å². The zero-order chi connectivity index (χ0) is 49.6. The number of fused-ring (bicyclic) bond motifs is 1. The second kappa shape index (κ2) is 24.1. The summed E-state index contributed by atoms with van der Waals surface area (Å²) in [4.78, 5) is 73.9. The van der Waals surface area contributed by atoms with Gasteiger partial charge in [0, 0.05) is 45.4 Å². The van der Waals surface area contributed by atoms with Crippen LogP contribution in [0.3, 0.4) is 0 Å². The van der Waals surface area contributed by atoms with Gasteiger partial charge in [-0.2, -0.15) is 0 Å². The minimum Gasteiger partial charge on any atom is -0.480 e. The summed E-state index contributed by atoms with van der Waals surface area (Å²) in [5.74, 6) is -2.78. The number of nitrogens with one attached hydrogen (secondary N) is 2. The molecule has 13 nitrogen and oxygen atoms in total. The van der Waals surface area contributed by atoms with E-state index in [4.69, 9.17) is 14.2 Å². The van der Waals surface area contributed by atoms with E-state index in [9.17, 15) is 24.3 Å². The summed E-state index contributed by atoms with van der Waals surface area (Å²) < 4.78 is 16.2. The number of thioether (sulfide) groups is 1. The van der Waals surface area contributed by atoms with Crippen molar-refractivity contribution in [1.82, 2.24) is 20.4 Å². The Hall–Kier alpha value is -6.64. The molecule has 1 aliphatic rings. The number of nitrogens with zero attached hydrogens (tertiary/aromatic N) is 2. The third-order valence-corrected chi connectivity index (χ3v) is 13.6. The topological polar surface area (TPSA) is 164 Å². The fourth-order valence-corrected chi connectivity index (χ4v) is 10.2. The molecule has 0 bridgehead atoms. The first-order chi connectivity index (χ1) is 33.1. The van der Waals surface area contributed by atoms with E-state index < -0.39 is 70.4 Å². The molecule has 14 heteroatoms. The molecule has 0 unspecified atom stereocenters. The van der Waals surface area contributed by atoms with Crippen molar-refractivity contribution < 1.29 is 43.3 Å². The predicted molar refractivity (Wildman–Crippen MR) is 267 cm³/mol. The Morgan fingerprint density at radius 1 is 0.754 bits per heavy atom. The molecule has 0 aliphatic carbocycles. The number of hydrogen-bond acceptors (Lipinski definition) is 9. The molecule has 0 saturated heterocycles. The summed E-state index contributed by atoms with van der Waals surface area (Å²) in [5, 5.41) is 15.8. The number of amides is 4. The molecule has 0 spiro atoms. The zero-order valence-electron chi connectivity index (χ0n) is 40.2. The van der Waals surface area contributed by atoms with Crippen molar-refractivity contribution >= 4 is 41.7 Å². The normalized spacial score (nSPS) is 14.9. The van der Waals surface area contributed by atoms with E-state index in [-0.39, 0.29) is 44.9 Å². The molecule has 5 aromatic rings. The standard InChI is InChI=1S/C55H64N4O9S/c1-38(2)48(50(61)58-34-41-24-20-19-23-40(41)33-47(58)49(60)57-46(51(62)63)31-32-66-6)59(53(65)67-36-39-21-11-7-12-22-39)35-45(56-52(64)68-54(3,4)5)37-69-55(42-25-13-8-14-26-42,43-27-15-9-16-28-43)44-29-17-10-18-30-44/h7-30,38,45-48H,31-37H2,1-6H3,(H,56,64)(H,57,60)(H,62,63)/t45-,46+,47+,48+/m1/s1. The lowest BCUT2D eigenvalue weighted by molar-refractivity contribution is -0.149. The van der Waals surface area contributed by atoms with E-state index in [0.29, 0.717) is 0 Å². The van der Waals surface area contributed by atoms with Crippen LogP contribution < -0.4 is 10.6 Å². The van der Waals surface area contributed by atoms with Gasteiger partial charge in [-0.15, -0.1) is 11.8 Å². The van der Waals surface area contributed by atoms with Crippen LogP contribution in [0.5, 0.6) is 0 Å². The van der Waals surface area contributed by atoms with E-state index >= 15 is 4.79 Å². The van der Waals surface area contributed by atoms with Crippen LogP contribution >= 0.6 is 11.8 Å². The number of methoxy groups -OCH3 is 1. The van der Waals surface area contributed by atoms with Gasteiger partial charge in [-0.05, 0) is 60.1 Å². The summed E-state index contributed by atoms with van der Waals surface area (Å²) in [5.41, 5.74) is 4.46. The SMILES string of the molecule is COCC[C@H](NC(=O)[C@@H]1Cc2ccccc2CN1C(=O)[C@H](C(C)C)N(C[C@H](CSC(c1ccccc1)(c1ccccc1)c1ccccc1)NC(=O)OC(C)(C)C)C(=O)OCc1ccccc1)C(=O)O. The van der Waals surface area contributed by atoms with Crippen LogP contribution in [0.25, 0.3) is 0 Å². The predicted octanol–water partition coefficient (Wildman–Crippen LogP) is 8.83. The number of carboxylic acids is 1. The summed E-state index contributed by atoms with van der Waals surface area (Å²) in [6.45, 7) is 8.72. The first-order valence-electron chi connectivity index (χ1n) is 23.3. The Labute approximate surface area is 409 Å². The molecular weight excluding hydrogens is 893 g/mol. The van der Waals surface area contributed by atoms with E-state index in [1.54, 1.807) is 32.5 Å². The van der Waals surface area contributed by atoms with Crippen molar-refractivity contribution in [3.8, 4) is 0 Å². The van der Waals surface area contributed by atoms with Crippen LogP contribution in [0.15, 0.2) is 146 Å². The monoisotopic (exact) mass is 956 g/mol. The maximum Gasteiger partial charge on any atom is 0.410 e. The number of aliphatic carboxylic acids is 1. The molecule has 1 aliphatic heterocycles. The van der Waals surface area contributed by atoms with Gasteiger partial charge in [0.05, 0.1) is 10.8 Å². The summed E-state index contributed by atoms with van der Waals surface area (Å²) in [6.07, 6.45) is -1.41. The quantitative estimate of drug-likeness (QED) is 0.0643. The fraction of sp³-hybridized carbons (Fsp3) is 0.364. The van der Waals surface area contributed by atoms with Gasteiger partial charge in [-0.1, -0.05) is 159 Å². The number of benzene rings is 5. The van der Waals surface area contributed by atoms with Crippen LogP contribution in [0, 0.1) is 5.92 Å². The minimum atomic E-state index is -1.27. The summed E-state index contributed by atoms with van der Waals surface area (Å²) in [7, 11) is 1.44. The van der Waals surface area contributed by atoms with E-state index in [1.165, 1.54) is 16.9 Å². The second-order valence-corrected chi connectivity index (χ2v) is 19.7. The molecule has 0 fully saturated rings. The van der Waals surface area contributed by atoms with Gasteiger partial charge in [0.25, 0.3) is 0 Å². The van der Waals surface area contributed by atoms with Crippen molar-refractivity contribution in [2.45, 2.75) is 95.1 Å². The van der Waals surface area contributed by atoms with Crippen molar-refractivity contribution in [2.24, 2.45) is 5.92 Å². The first-order valence-corrected chi connectivity index (χ1v) is 24.3. The highest BCUT2D eigenvalue weighted by molar-refractivity contribution is 8.00. The Morgan fingerprint density at radius 3 is 1.78 bits per heavy atom. The molecule has 5 aromatic carbocycles. The van der Waals surface area contributed by atoms with Crippen molar-refractivity contribution in [2.75, 3.05) is 26.0 Å². The number of carbonyl (C=O) groups is 5. The number of hydrogen-bond donors (Lipinski definition) is 3. The van der Waals surface area contributed by atoms with E-state index in [2.05, 4.69) is 47.0 Å². The highest BCUT2D eigenvalue weighted by Crippen LogP contribution is 2.48. The van der Waals surface area contributed by atoms with Gasteiger partial charge < -0.3 is 34.9 Å². The lowest BCUT2D eigenvalue weighted by Gasteiger charge is -2.42. The van der Waals surface area contributed by atoms with Gasteiger partial charge in [0.15, 0.2) is 0 Å². The lowest BCUT2D eigenvalue weighted by atomic mass is 9.84. The number of alkyl carbamates (subject to hydrolysis) is 1. The molecule has 1 heterocycles. The summed E-state index contributed by atoms with van der Waals surface area (Å²) in [6, 6.07) is 42.4. The van der Waals surface area contributed by atoms with Crippen LogP contribution in [-0.4, -0.2) is 101 Å². The first kappa shape index (κ1) is 51.7. The third kappa shape index (κ3) is 13.5. The fourth-order valence-electron chi connectivity index (χ4n) is 8.65. The number of rotatable bonds is 20. The van der Waals surface area contributed by atoms with Gasteiger partial charge in [-0.3, -0.25) is 14.5 Å². The summed E-state index contributed by atoms with van der Waals surface area (Å²) >= 11 is 1.57. The maximum atomic E-state index is 15.6. The van der Waals surface area contributed by atoms with Gasteiger partial charge in [0.2, 0.25) is 11.8 Å². The van der Waals surface area contributed by atoms with Gasteiger partial charge in [0.1, 0.15) is 30.3 Å². The van der Waals surface area contributed by atoms with Crippen LogP contribution in [0.4, 0.5) is 9.59 Å². The molecule has 0 aromatic heterocycles.